The first-order valence-corrected chi connectivity index (χ1v) is 10.8. The van der Waals surface area contributed by atoms with Crippen molar-refractivity contribution in [3.63, 3.8) is 0 Å². The molecule has 0 atom stereocenters. The first-order chi connectivity index (χ1) is 16.0. The van der Waals surface area contributed by atoms with Gasteiger partial charge in [0.25, 0.3) is 0 Å². The van der Waals surface area contributed by atoms with Gasteiger partial charge in [0.1, 0.15) is 17.1 Å². The number of carbonyl (C=O) groups is 1. The second kappa shape index (κ2) is 9.84. The highest BCUT2D eigenvalue weighted by atomic mass is 35.5. The number of halogens is 1. The average Bonchev–Trinajstić information content (AvgIpc) is 3.25. The van der Waals surface area contributed by atoms with Gasteiger partial charge in [-0.2, -0.15) is 0 Å². The summed E-state index contributed by atoms with van der Waals surface area (Å²) in [5, 5.41) is 4.49. The second-order valence-electron chi connectivity index (χ2n) is 7.60. The van der Waals surface area contributed by atoms with Crippen LogP contribution in [0.2, 0.25) is 5.02 Å². The molecule has 0 bridgehead atoms. The van der Waals surface area contributed by atoms with E-state index in [4.69, 9.17) is 25.5 Å². The molecule has 0 aliphatic rings. The fourth-order valence-corrected chi connectivity index (χ4v) is 3.79. The Labute approximate surface area is 197 Å². The molecule has 0 radical (unpaired) electrons. The SMILES string of the molecule is COc1cccc(-c2coc3cc(OC)c(/C(C)=C/C(=O)NCc4ccc(Cl)cc4)cc23)c1. The Morgan fingerprint density at radius 3 is 2.58 bits per heavy atom. The normalized spacial score (nSPS) is 11.5. The van der Waals surface area contributed by atoms with E-state index in [-0.39, 0.29) is 5.91 Å². The molecule has 1 N–H and O–H groups in total. The highest BCUT2D eigenvalue weighted by molar-refractivity contribution is 6.30. The molecule has 0 unspecified atom stereocenters. The van der Waals surface area contributed by atoms with Crippen LogP contribution in [0.15, 0.2) is 77.4 Å². The van der Waals surface area contributed by atoms with Gasteiger partial charge in [-0.3, -0.25) is 4.79 Å². The lowest BCUT2D eigenvalue weighted by Crippen LogP contribution is -2.20. The molecule has 4 aromatic rings. The van der Waals surface area contributed by atoms with E-state index in [9.17, 15) is 4.79 Å². The van der Waals surface area contributed by atoms with Crippen LogP contribution in [0.25, 0.3) is 27.7 Å². The van der Waals surface area contributed by atoms with Gasteiger partial charge in [-0.1, -0.05) is 35.9 Å². The number of ether oxygens (including phenoxy) is 2. The van der Waals surface area contributed by atoms with E-state index in [1.807, 2.05) is 55.5 Å². The summed E-state index contributed by atoms with van der Waals surface area (Å²) in [6, 6.07) is 19.0. The minimum absolute atomic E-state index is 0.190. The van der Waals surface area contributed by atoms with Crippen LogP contribution in [0.1, 0.15) is 18.1 Å². The summed E-state index contributed by atoms with van der Waals surface area (Å²) in [6.07, 6.45) is 3.30. The molecule has 0 aliphatic carbocycles. The molecule has 1 heterocycles. The second-order valence-corrected chi connectivity index (χ2v) is 8.04. The number of rotatable bonds is 7. The number of methoxy groups -OCH3 is 2. The number of carbonyl (C=O) groups excluding carboxylic acids is 1. The van der Waals surface area contributed by atoms with Crippen molar-refractivity contribution in [2.75, 3.05) is 14.2 Å². The number of hydrogen-bond donors (Lipinski definition) is 1. The monoisotopic (exact) mass is 461 g/mol. The molecule has 0 aliphatic heterocycles. The number of furan rings is 1. The molecule has 0 spiro atoms. The van der Waals surface area contributed by atoms with Crippen LogP contribution in [-0.2, 0) is 11.3 Å². The Balaban J connectivity index is 1.63. The predicted octanol–water partition coefficient (Wildman–Crippen LogP) is 6.49. The van der Waals surface area contributed by atoms with Gasteiger partial charge in [0.15, 0.2) is 0 Å². The lowest BCUT2D eigenvalue weighted by Gasteiger charge is -2.10. The van der Waals surface area contributed by atoms with Gasteiger partial charge in [0.2, 0.25) is 5.91 Å². The summed E-state index contributed by atoms with van der Waals surface area (Å²) in [5.74, 6) is 1.21. The van der Waals surface area contributed by atoms with Crippen molar-refractivity contribution < 1.29 is 18.7 Å². The van der Waals surface area contributed by atoms with Crippen LogP contribution in [0.5, 0.6) is 11.5 Å². The van der Waals surface area contributed by atoms with Gasteiger partial charge in [-0.05, 0) is 54.0 Å². The maximum atomic E-state index is 12.6. The quantitative estimate of drug-likeness (QED) is 0.319. The van der Waals surface area contributed by atoms with Crippen molar-refractivity contribution in [3.8, 4) is 22.6 Å². The first-order valence-electron chi connectivity index (χ1n) is 10.4. The molecule has 4 rings (SSSR count). The Hall–Kier alpha value is -3.70. The molecule has 0 saturated carbocycles. The van der Waals surface area contributed by atoms with Crippen LogP contribution < -0.4 is 14.8 Å². The fourth-order valence-electron chi connectivity index (χ4n) is 3.66. The van der Waals surface area contributed by atoms with Crippen LogP contribution in [0.4, 0.5) is 0 Å². The van der Waals surface area contributed by atoms with Gasteiger partial charge < -0.3 is 19.2 Å². The van der Waals surface area contributed by atoms with E-state index >= 15 is 0 Å². The topological polar surface area (TPSA) is 60.7 Å². The van der Waals surface area contributed by atoms with E-state index in [0.29, 0.717) is 22.9 Å². The number of benzene rings is 3. The smallest absolute Gasteiger partial charge is 0.244 e. The largest absolute Gasteiger partial charge is 0.497 e. The van der Waals surface area contributed by atoms with Crippen molar-refractivity contribution in [2.45, 2.75) is 13.5 Å². The minimum atomic E-state index is -0.190. The van der Waals surface area contributed by atoms with Crippen LogP contribution in [0, 0.1) is 0 Å². The molecule has 1 amide bonds. The zero-order valence-corrected chi connectivity index (χ0v) is 19.4. The molecular formula is C27H24ClNO4. The van der Waals surface area contributed by atoms with Crippen LogP contribution in [-0.4, -0.2) is 20.1 Å². The summed E-state index contributed by atoms with van der Waals surface area (Å²) in [5.41, 5.74) is 5.18. The maximum absolute atomic E-state index is 12.6. The van der Waals surface area contributed by atoms with Crippen molar-refractivity contribution in [1.29, 1.82) is 0 Å². The van der Waals surface area contributed by atoms with E-state index in [0.717, 1.165) is 39.0 Å². The summed E-state index contributed by atoms with van der Waals surface area (Å²) < 4.78 is 16.7. The summed E-state index contributed by atoms with van der Waals surface area (Å²) >= 11 is 5.92. The lowest BCUT2D eigenvalue weighted by molar-refractivity contribution is -0.116. The van der Waals surface area contributed by atoms with E-state index in [1.165, 1.54) is 0 Å². The van der Waals surface area contributed by atoms with Gasteiger partial charge in [0, 0.05) is 40.2 Å². The number of allylic oxidation sites excluding steroid dienone is 1. The maximum Gasteiger partial charge on any atom is 0.244 e. The highest BCUT2D eigenvalue weighted by Gasteiger charge is 2.15. The van der Waals surface area contributed by atoms with Gasteiger partial charge in [-0.25, -0.2) is 0 Å². The minimum Gasteiger partial charge on any atom is -0.497 e. The molecular weight excluding hydrogens is 438 g/mol. The zero-order valence-electron chi connectivity index (χ0n) is 18.6. The molecule has 33 heavy (non-hydrogen) atoms. The highest BCUT2D eigenvalue weighted by Crippen LogP contribution is 2.38. The predicted molar refractivity (Wildman–Crippen MR) is 132 cm³/mol. The number of hydrogen-bond acceptors (Lipinski definition) is 4. The molecule has 3 aromatic carbocycles. The summed E-state index contributed by atoms with van der Waals surface area (Å²) in [7, 11) is 3.24. The molecule has 168 valence electrons. The van der Waals surface area contributed by atoms with Crippen molar-refractivity contribution in [1.82, 2.24) is 5.32 Å². The van der Waals surface area contributed by atoms with Crippen molar-refractivity contribution in [3.05, 3.63) is 89.2 Å². The van der Waals surface area contributed by atoms with E-state index < -0.39 is 0 Å². The number of fused-ring (bicyclic) bond motifs is 1. The Morgan fingerprint density at radius 2 is 1.85 bits per heavy atom. The zero-order chi connectivity index (χ0) is 23.4. The Morgan fingerprint density at radius 1 is 1.06 bits per heavy atom. The van der Waals surface area contributed by atoms with E-state index in [2.05, 4.69) is 5.32 Å². The van der Waals surface area contributed by atoms with Gasteiger partial charge in [0.05, 0.1) is 20.5 Å². The Kier molecular flexibility index (Phi) is 6.71. The molecule has 0 saturated heterocycles. The van der Waals surface area contributed by atoms with Gasteiger partial charge >= 0.3 is 0 Å². The molecule has 1 aromatic heterocycles. The first kappa shape index (κ1) is 22.5. The van der Waals surface area contributed by atoms with Crippen molar-refractivity contribution in [2.24, 2.45) is 0 Å². The summed E-state index contributed by atoms with van der Waals surface area (Å²) in [4.78, 5) is 12.6. The molecule has 6 heteroatoms. The third kappa shape index (κ3) is 5.04. The van der Waals surface area contributed by atoms with Crippen molar-refractivity contribution >= 4 is 34.1 Å². The molecule has 5 nitrogen and oxygen atoms in total. The number of nitrogens with one attached hydrogen (secondary N) is 1. The lowest BCUT2D eigenvalue weighted by atomic mass is 9.99. The van der Waals surface area contributed by atoms with Gasteiger partial charge in [-0.15, -0.1) is 0 Å². The third-order valence-electron chi connectivity index (χ3n) is 5.43. The van der Waals surface area contributed by atoms with Crippen LogP contribution in [0.3, 0.4) is 0 Å². The standard InChI is InChI=1S/C27H24ClNO4/c1-17(11-27(30)29-15-18-7-9-20(28)10-8-18)22-13-23-24(16-33-26(23)14-25(22)32-3)19-5-4-6-21(12-19)31-2/h4-14,16H,15H2,1-3H3,(H,29,30)/b17-11+. The number of amides is 1. The third-order valence-corrected chi connectivity index (χ3v) is 5.68. The summed E-state index contributed by atoms with van der Waals surface area (Å²) in [6.45, 7) is 2.30. The van der Waals surface area contributed by atoms with Crippen LogP contribution >= 0.6 is 11.6 Å². The molecule has 0 fully saturated rings. The average molecular weight is 462 g/mol. The fraction of sp³-hybridized carbons (Fsp3) is 0.148. The Bertz CT molecular complexity index is 1320. The van der Waals surface area contributed by atoms with E-state index in [1.54, 1.807) is 38.7 Å².